The Hall–Kier alpha value is -1.15. The number of rotatable bonds is 5. The summed E-state index contributed by atoms with van der Waals surface area (Å²) in [5.41, 5.74) is 0.494. The summed E-state index contributed by atoms with van der Waals surface area (Å²) < 4.78 is 41.0. The van der Waals surface area contributed by atoms with Gasteiger partial charge in [-0.3, -0.25) is 4.79 Å². The lowest BCUT2D eigenvalue weighted by Crippen LogP contribution is -2.27. The van der Waals surface area contributed by atoms with E-state index in [2.05, 4.69) is 10.3 Å². The third-order valence-electron chi connectivity index (χ3n) is 2.41. The minimum Gasteiger partial charge on any atom is -0.375 e. The monoisotopic (exact) mass is 296 g/mol. The van der Waals surface area contributed by atoms with E-state index >= 15 is 0 Å². The van der Waals surface area contributed by atoms with Gasteiger partial charge >= 0.3 is 6.18 Å². The van der Waals surface area contributed by atoms with Crippen LogP contribution in [0.4, 0.5) is 13.2 Å². The van der Waals surface area contributed by atoms with Crippen LogP contribution in [0.5, 0.6) is 0 Å². The van der Waals surface area contributed by atoms with Crippen molar-refractivity contribution in [2.45, 2.75) is 32.5 Å². The minimum atomic E-state index is -4.27. The molecule has 1 rings (SSSR count). The molecule has 0 saturated heterocycles. The van der Waals surface area contributed by atoms with Crippen molar-refractivity contribution in [3.8, 4) is 0 Å². The summed E-state index contributed by atoms with van der Waals surface area (Å²) in [5, 5.41) is 2.86. The van der Waals surface area contributed by atoms with Crippen molar-refractivity contribution >= 4 is 17.2 Å². The van der Waals surface area contributed by atoms with E-state index in [-0.39, 0.29) is 6.10 Å². The van der Waals surface area contributed by atoms with Crippen LogP contribution in [0.1, 0.15) is 39.8 Å². The largest absolute Gasteiger partial charge is 0.390 e. The molecule has 19 heavy (non-hydrogen) atoms. The average molecular weight is 296 g/mol. The van der Waals surface area contributed by atoms with E-state index < -0.39 is 25.0 Å². The van der Waals surface area contributed by atoms with E-state index in [1.54, 1.807) is 13.8 Å². The smallest absolute Gasteiger partial charge is 0.375 e. The molecule has 1 aromatic heterocycles. The molecular formula is C11H15F3N2O2S. The van der Waals surface area contributed by atoms with Gasteiger partial charge in [-0.1, -0.05) is 0 Å². The lowest BCUT2D eigenvalue weighted by atomic mass is 10.3. The van der Waals surface area contributed by atoms with Gasteiger partial charge in [-0.15, -0.1) is 11.3 Å². The van der Waals surface area contributed by atoms with E-state index in [0.717, 1.165) is 11.3 Å². The predicted octanol–water partition coefficient (Wildman–Crippen LogP) is 2.84. The summed E-state index contributed by atoms with van der Waals surface area (Å²) in [5.74, 6) is -0.534. The Labute approximate surface area is 113 Å². The molecule has 0 saturated carbocycles. The fourth-order valence-electron chi connectivity index (χ4n) is 1.30. The Bertz CT molecular complexity index is 446. The van der Waals surface area contributed by atoms with Gasteiger partial charge in [0.15, 0.2) is 0 Å². The third kappa shape index (κ3) is 4.79. The molecule has 1 aromatic rings. The number of halogens is 3. The van der Waals surface area contributed by atoms with Crippen LogP contribution in [0.25, 0.3) is 0 Å². The molecule has 0 unspecified atom stereocenters. The highest BCUT2D eigenvalue weighted by molar-refractivity contribution is 7.13. The quantitative estimate of drug-likeness (QED) is 0.909. The topological polar surface area (TPSA) is 51.2 Å². The lowest BCUT2D eigenvalue weighted by Gasteiger charge is -2.07. The van der Waals surface area contributed by atoms with Gasteiger partial charge in [0.1, 0.15) is 16.0 Å². The zero-order valence-electron chi connectivity index (χ0n) is 10.8. The van der Waals surface area contributed by atoms with Crippen molar-refractivity contribution in [2.75, 3.05) is 13.7 Å². The van der Waals surface area contributed by atoms with Crippen molar-refractivity contribution in [1.29, 1.82) is 0 Å². The van der Waals surface area contributed by atoms with Crippen LogP contribution in [0.2, 0.25) is 0 Å². The molecule has 1 amide bonds. The Kier molecular flexibility index (Phi) is 5.30. The number of thiazole rings is 1. The van der Waals surface area contributed by atoms with Crippen molar-refractivity contribution in [3.05, 3.63) is 15.6 Å². The number of carbonyl (C=O) groups is 1. The van der Waals surface area contributed by atoms with E-state index in [4.69, 9.17) is 4.74 Å². The third-order valence-corrected chi connectivity index (χ3v) is 3.73. The number of alkyl halides is 3. The Morgan fingerprint density at radius 1 is 1.53 bits per heavy atom. The van der Waals surface area contributed by atoms with Crippen molar-refractivity contribution in [1.82, 2.24) is 10.3 Å². The molecule has 0 spiro atoms. The summed E-state index contributed by atoms with van der Waals surface area (Å²) in [6.07, 6.45) is -5.57. The summed E-state index contributed by atoms with van der Waals surface area (Å²) in [6.45, 7) is 2.99. The molecule has 4 nitrogen and oxygen atoms in total. The van der Waals surface area contributed by atoms with Crippen molar-refractivity contribution < 1.29 is 22.7 Å². The highest BCUT2D eigenvalue weighted by atomic mass is 32.1. The number of nitrogens with zero attached hydrogens (tertiary/aromatic N) is 1. The zero-order valence-corrected chi connectivity index (χ0v) is 11.6. The number of aryl methyl sites for hydroxylation is 1. The van der Waals surface area contributed by atoms with Crippen LogP contribution in [0, 0.1) is 6.92 Å². The van der Waals surface area contributed by atoms with Crippen LogP contribution in [0.15, 0.2) is 0 Å². The molecular weight excluding hydrogens is 281 g/mol. The van der Waals surface area contributed by atoms with Gasteiger partial charge in [0, 0.05) is 13.7 Å². The van der Waals surface area contributed by atoms with E-state index in [1.165, 1.54) is 7.11 Å². The van der Waals surface area contributed by atoms with Crippen LogP contribution in [0.3, 0.4) is 0 Å². The first-order valence-electron chi connectivity index (χ1n) is 5.59. The molecule has 0 aliphatic carbocycles. The summed E-state index contributed by atoms with van der Waals surface area (Å²) in [6, 6.07) is 0. The highest BCUT2D eigenvalue weighted by Gasteiger charge is 2.27. The van der Waals surface area contributed by atoms with Crippen LogP contribution < -0.4 is 5.32 Å². The van der Waals surface area contributed by atoms with Gasteiger partial charge in [-0.25, -0.2) is 4.98 Å². The number of hydrogen-bond acceptors (Lipinski definition) is 4. The maximum atomic E-state index is 12.0. The SMILES string of the molecule is CO[C@@H](C)c1nc(C)c(C(=O)NCCC(F)(F)F)s1. The fourth-order valence-corrected chi connectivity index (χ4v) is 2.31. The van der Waals surface area contributed by atoms with Gasteiger partial charge in [-0.05, 0) is 13.8 Å². The summed E-state index contributed by atoms with van der Waals surface area (Å²) in [4.78, 5) is 16.2. The average Bonchev–Trinajstić information content (AvgIpc) is 2.68. The molecule has 0 bridgehead atoms. The molecule has 1 atom stereocenters. The standard InChI is InChI=1S/C11H15F3N2O2S/c1-6-8(19-10(16-6)7(2)18-3)9(17)15-5-4-11(12,13)14/h7H,4-5H2,1-3H3,(H,15,17)/t7-/m0/s1. The number of ether oxygens (including phenoxy) is 1. The second-order valence-electron chi connectivity index (χ2n) is 3.97. The van der Waals surface area contributed by atoms with E-state index in [0.29, 0.717) is 15.6 Å². The number of amides is 1. The van der Waals surface area contributed by atoms with E-state index in [9.17, 15) is 18.0 Å². The predicted molar refractivity (Wildman–Crippen MR) is 65.3 cm³/mol. The van der Waals surface area contributed by atoms with Crippen molar-refractivity contribution in [2.24, 2.45) is 0 Å². The zero-order chi connectivity index (χ0) is 14.6. The van der Waals surface area contributed by atoms with Crippen LogP contribution in [-0.4, -0.2) is 30.7 Å². The number of hydrogen-bond donors (Lipinski definition) is 1. The lowest BCUT2D eigenvalue weighted by molar-refractivity contribution is -0.132. The van der Waals surface area contributed by atoms with Gasteiger partial charge < -0.3 is 10.1 Å². The second kappa shape index (κ2) is 6.33. The first-order chi connectivity index (χ1) is 8.74. The maximum absolute atomic E-state index is 12.0. The molecule has 0 aliphatic heterocycles. The normalized spacial score (nSPS) is 13.4. The molecule has 0 aromatic carbocycles. The van der Waals surface area contributed by atoms with Gasteiger partial charge in [0.05, 0.1) is 12.1 Å². The highest BCUT2D eigenvalue weighted by Crippen LogP contribution is 2.25. The molecule has 108 valence electrons. The number of carbonyl (C=O) groups excluding carboxylic acids is 1. The minimum absolute atomic E-state index is 0.250. The van der Waals surface area contributed by atoms with Crippen molar-refractivity contribution in [3.63, 3.8) is 0 Å². The summed E-state index contributed by atoms with van der Waals surface area (Å²) in [7, 11) is 1.52. The first kappa shape index (κ1) is 15.9. The fraction of sp³-hybridized carbons (Fsp3) is 0.636. The van der Waals surface area contributed by atoms with E-state index in [1.807, 2.05) is 0 Å². The number of aromatic nitrogens is 1. The number of nitrogens with one attached hydrogen (secondary N) is 1. The molecule has 8 heteroatoms. The van der Waals surface area contributed by atoms with Gasteiger partial charge in [0.2, 0.25) is 0 Å². The second-order valence-corrected chi connectivity index (χ2v) is 5.00. The Morgan fingerprint density at radius 2 is 2.16 bits per heavy atom. The molecule has 1 N–H and O–H groups in total. The van der Waals surface area contributed by atoms with Gasteiger partial charge in [-0.2, -0.15) is 13.2 Å². The Balaban J connectivity index is 2.65. The van der Waals surface area contributed by atoms with Gasteiger partial charge in [0.25, 0.3) is 5.91 Å². The first-order valence-corrected chi connectivity index (χ1v) is 6.41. The van der Waals surface area contributed by atoms with Crippen LogP contribution in [-0.2, 0) is 4.74 Å². The van der Waals surface area contributed by atoms with Crippen LogP contribution >= 0.6 is 11.3 Å². The molecule has 0 radical (unpaired) electrons. The molecule has 1 heterocycles. The Morgan fingerprint density at radius 3 is 2.68 bits per heavy atom. The number of methoxy groups -OCH3 is 1. The maximum Gasteiger partial charge on any atom is 0.390 e. The summed E-state index contributed by atoms with van der Waals surface area (Å²) >= 11 is 1.13. The molecule has 0 fully saturated rings. The molecule has 0 aliphatic rings.